The van der Waals surface area contributed by atoms with E-state index in [-0.39, 0.29) is 37.5 Å². The van der Waals surface area contributed by atoms with Gasteiger partial charge in [-0.3, -0.25) is 10.00 Å². The molecule has 3 saturated carbocycles. The fourth-order valence-corrected chi connectivity index (χ4v) is 4.06. The maximum atomic E-state index is 13.3. The summed E-state index contributed by atoms with van der Waals surface area (Å²) in [5, 5.41) is 9.67. The van der Waals surface area contributed by atoms with Gasteiger partial charge >= 0.3 is 6.03 Å². The van der Waals surface area contributed by atoms with Crippen LogP contribution in [0.2, 0.25) is 0 Å². The van der Waals surface area contributed by atoms with Crippen molar-refractivity contribution in [2.45, 2.75) is 74.7 Å². The summed E-state index contributed by atoms with van der Waals surface area (Å²) >= 11 is 0. The Labute approximate surface area is 148 Å². The number of carbonyl (C=O) groups is 1. The molecule has 0 aliphatic heterocycles. The maximum Gasteiger partial charge on any atom is 0.320 e. The van der Waals surface area contributed by atoms with Gasteiger partial charge in [0, 0.05) is 50.3 Å². The van der Waals surface area contributed by atoms with E-state index in [0.717, 1.165) is 24.8 Å². The third-order valence-electron chi connectivity index (χ3n) is 5.76. The van der Waals surface area contributed by atoms with E-state index in [1.807, 2.05) is 0 Å². The largest absolute Gasteiger partial charge is 0.335 e. The number of rotatable bonds is 4. The summed E-state index contributed by atoms with van der Waals surface area (Å²) in [5.41, 5.74) is 1.49. The summed E-state index contributed by atoms with van der Waals surface area (Å²) in [5.74, 6) is -4.94. The number of hydrogen-bond donors (Lipinski definition) is 2. The number of carbonyl (C=O) groups excluding carboxylic acids is 1. The van der Waals surface area contributed by atoms with E-state index in [9.17, 15) is 22.4 Å². The van der Waals surface area contributed by atoms with Crippen molar-refractivity contribution in [1.29, 1.82) is 0 Å². The molecule has 26 heavy (non-hydrogen) atoms. The van der Waals surface area contributed by atoms with Gasteiger partial charge in [0.15, 0.2) is 0 Å². The Morgan fingerprint density at radius 1 is 1.08 bits per heavy atom. The number of aryl methyl sites for hydroxylation is 1. The minimum absolute atomic E-state index is 0.205. The van der Waals surface area contributed by atoms with Gasteiger partial charge in [0.2, 0.25) is 5.92 Å². The van der Waals surface area contributed by atoms with E-state index in [2.05, 4.69) is 15.7 Å². The number of halogens is 4. The average molecular weight is 374 g/mol. The molecule has 3 fully saturated rings. The number of hydrogen-bond acceptors (Lipinski definition) is 2. The summed E-state index contributed by atoms with van der Waals surface area (Å²) in [7, 11) is 1.66. The first kappa shape index (κ1) is 17.6. The van der Waals surface area contributed by atoms with E-state index >= 15 is 0 Å². The molecule has 144 valence electrons. The third kappa shape index (κ3) is 3.16. The molecule has 0 aromatic carbocycles. The lowest BCUT2D eigenvalue weighted by Gasteiger charge is -2.36. The molecule has 1 aromatic rings. The van der Waals surface area contributed by atoms with Crippen molar-refractivity contribution >= 4 is 11.8 Å². The summed E-state index contributed by atoms with van der Waals surface area (Å²) in [6.07, 6.45) is 1.79. The molecule has 1 aromatic heterocycles. The number of aromatic nitrogens is 2. The first-order chi connectivity index (χ1) is 12.1. The highest BCUT2D eigenvalue weighted by Crippen LogP contribution is 2.52. The Balaban J connectivity index is 1.50. The highest BCUT2D eigenvalue weighted by Gasteiger charge is 2.49. The van der Waals surface area contributed by atoms with Crippen LogP contribution in [0.3, 0.4) is 0 Å². The van der Waals surface area contributed by atoms with Gasteiger partial charge in [-0.25, -0.2) is 22.4 Å². The molecule has 0 spiro atoms. The molecule has 2 N–H and O–H groups in total. The predicted molar refractivity (Wildman–Crippen MR) is 86.8 cm³/mol. The topological polar surface area (TPSA) is 59.0 Å². The van der Waals surface area contributed by atoms with Crippen LogP contribution in [0.5, 0.6) is 0 Å². The van der Waals surface area contributed by atoms with Gasteiger partial charge in [0.1, 0.15) is 5.82 Å². The molecule has 3 aliphatic rings. The molecule has 9 heteroatoms. The maximum absolute atomic E-state index is 13.3. The van der Waals surface area contributed by atoms with Crippen molar-refractivity contribution in [3.05, 3.63) is 11.3 Å². The van der Waals surface area contributed by atoms with E-state index in [1.165, 1.54) is 4.68 Å². The fourth-order valence-electron chi connectivity index (χ4n) is 4.06. The zero-order valence-electron chi connectivity index (χ0n) is 14.5. The third-order valence-corrected chi connectivity index (χ3v) is 5.76. The normalized spacial score (nSPS) is 25.1. The lowest BCUT2D eigenvalue weighted by Crippen LogP contribution is -2.51. The van der Waals surface area contributed by atoms with Gasteiger partial charge in [-0.05, 0) is 18.8 Å². The second kappa shape index (κ2) is 5.85. The van der Waals surface area contributed by atoms with Crippen LogP contribution in [0.1, 0.15) is 68.0 Å². The molecule has 0 radical (unpaired) electrons. The number of alkyl halides is 4. The smallest absolute Gasteiger partial charge is 0.320 e. The molecular formula is C17H22F4N4O. The van der Waals surface area contributed by atoms with Crippen LogP contribution in [-0.4, -0.2) is 33.7 Å². The van der Waals surface area contributed by atoms with Gasteiger partial charge in [-0.2, -0.15) is 5.10 Å². The Kier molecular flexibility index (Phi) is 3.96. The van der Waals surface area contributed by atoms with Gasteiger partial charge in [-0.15, -0.1) is 0 Å². The van der Waals surface area contributed by atoms with Crippen molar-refractivity contribution in [3.63, 3.8) is 0 Å². The first-order valence-electron chi connectivity index (χ1n) is 9.03. The number of amides is 2. The van der Waals surface area contributed by atoms with E-state index in [4.69, 9.17) is 0 Å². The van der Waals surface area contributed by atoms with Crippen LogP contribution in [-0.2, 0) is 7.05 Å². The Morgan fingerprint density at radius 2 is 1.69 bits per heavy atom. The van der Waals surface area contributed by atoms with Crippen LogP contribution < -0.4 is 10.6 Å². The molecule has 0 bridgehead atoms. The van der Waals surface area contributed by atoms with Crippen molar-refractivity contribution in [1.82, 2.24) is 15.1 Å². The second-order valence-electron chi connectivity index (χ2n) is 7.92. The Morgan fingerprint density at radius 3 is 2.19 bits per heavy atom. The standard InChI is InChI=1S/C17H22F4N4O/c1-25-14(23-15(26)22-11-7-17(20,21)8-11)12(9-3-2-4-9)13(24-25)10-5-16(18,19)6-10/h9-11H,2-8H2,1H3,(H2,22,23,26). The van der Waals surface area contributed by atoms with Gasteiger partial charge in [-0.1, -0.05) is 6.42 Å². The van der Waals surface area contributed by atoms with Gasteiger partial charge in [0.25, 0.3) is 5.92 Å². The summed E-state index contributed by atoms with van der Waals surface area (Å²) in [6, 6.07) is -1.10. The minimum Gasteiger partial charge on any atom is -0.335 e. The molecule has 2 amide bonds. The molecule has 0 atom stereocenters. The number of urea groups is 1. The zero-order valence-corrected chi connectivity index (χ0v) is 14.5. The van der Waals surface area contributed by atoms with Crippen LogP contribution >= 0.6 is 0 Å². The molecule has 1 heterocycles. The Bertz CT molecular complexity index is 713. The number of nitrogens with zero attached hydrogens (tertiary/aromatic N) is 2. The first-order valence-corrected chi connectivity index (χ1v) is 9.03. The predicted octanol–water partition coefficient (Wildman–Crippen LogP) is 4.12. The van der Waals surface area contributed by atoms with E-state index in [1.54, 1.807) is 7.05 Å². The quantitative estimate of drug-likeness (QED) is 0.779. The lowest BCUT2D eigenvalue weighted by molar-refractivity contribution is -0.0896. The van der Waals surface area contributed by atoms with Crippen LogP contribution in [0.25, 0.3) is 0 Å². The van der Waals surface area contributed by atoms with Gasteiger partial charge in [0.05, 0.1) is 5.69 Å². The SMILES string of the molecule is Cn1nc(C2CC(F)(F)C2)c(C2CCC2)c1NC(=O)NC1CC(F)(F)C1. The molecule has 3 aliphatic carbocycles. The highest BCUT2D eigenvalue weighted by atomic mass is 19.3. The zero-order chi connectivity index (χ0) is 18.7. The van der Waals surface area contributed by atoms with E-state index < -0.39 is 23.9 Å². The molecular weight excluding hydrogens is 352 g/mol. The van der Waals surface area contributed by atoms with Crippen LogP contribution in [0.4, 0.5) is 28.2 Å². The number of anilines is 1. The highest BCUT2D eigenvalue weighted by molar-refractivity contribution is 5.89. The van der Waals surface area contributed by atoms with Crippen LogP contribution in [0, 0.1) is 0 Å². The summed E-state index contributed by atoms with van der Waals surface area (Å²) < 4.78 is 53.9. The fraction of sp³-hybridized carbons (Fsp3) is 0.765. The van der Waals surface area contributed by atoms with Gasteiger partial charge < -0.3 is 5.32 Å². The lowest BCUT2D eigenvalue weighted by atomic mass is 9.73. The summed E-state index contributed by atoms with van der Waals surface area (Å²) in [4.78, 5) is 12.2. The second-order valence-corrected chi connectivity index (χ2v) is 7.92. The van der Waals surface area contributed by atoms with Crippen molar-refractivity contribution in [3.8, 4) is 0 Å². The van der Waals surface area contributed by atoms with Crippen LogP contribution in [0.15, 0.2) is 0 Å². The molecule has 4 rings (SSSR count). The monoisotopic (exact) mass is 374 g/mol. The Hall–Kier alpha value is -1.80. The average Bonchev–Trinajstić information content (AvgIpc) is 2.70. The molecule has 0 saturated heterocycles. The molecule has 5 nitrogen and oxygen atoms in total. The molecule has 0 unspecified atom stereocenters. The van der Waals surface area contributed by atoms with Crippen molar-refractivity contribution < 1.29 is 22.4 Å². The minimum atomic E-state index is -2.70. The van der Waals surface area contributed by atoms with Crippen molar-refractivity contribution in [2.24, 2.45) is 7.05 Å². The summed E-state index contributed by atoms with van der Waals surface area (Å²) in [6.45, 7) is 0. The van der Waals surface area contributed by atoms with Crippen molar-refractivity contribution in [2.75, 3.05) is 5.32 Å². The van der Waals surface area contributed by atoms with E-state index in [0.29, 0.717) is 11.5 Å². The number of nitrogens with one attached hydrogen (secondary N) is 2.